The molecule has 0 saturated carbocycles. The van der Waals surface area contributed by atoms with E-state index in [0.29, 0.717) is 17.5 Å². The van der Waals surface area contributed by atoms with Gasteiger partial charge in [0.05, 0.1) is 31.2 Å². The first-order valence-electron chi connectivity index (χ1n) is 20.3. The average molecular weight is 691 g/mol. The molecule has 3 unspecified atom stereocenters. The zero-order chi connectivity index (χ0) is 35.6. The summed E-state index contributed by atoms with van der Waals surface area (Å²) in [7, 11) is 4.82. The van der Waals surface area contributed by atoms with Crippen LogP contribution in [0.3, 0.4) is 0 Å². The summed E-state index contributed by atoms with van der Waals surface area (Å²) in [5.41, 5.74) is 8.00. The van der Waals surface area contributed by atoms with Crippen molar-refractivity contribution in [1.29, 1.82) is 0 Å². The minimum absolute atomic E-state index is 0.317. The van der Waals surface area contributed by atoms with Gasteiger partial charge in [-0.3, -0.25) is 4.48 Å². The van der Waals surface area contributed by atoms with Crippen LogP contribution in [0.15, 0.2) is 121 Å². The minimum atomic E-state index is 0.317. The van der Waals surface area contributed by atoms with E-state index in [-0.39, 0.29) is 0 Å². The Labute approximate surface area is 315 Å². The molecule has 0 amide bonds. The molecule has 3 nitrogen and oxygen atoms in total. The van der Waals surface area contributed by atoms with Crippen LogP contribution in [0.5, 0.6) is 0 Å². The normalized spacial score (nSPS) is 24.9. The topological polar surface area (TPSA) is 6.48 Å². The number of hydrogen-bond donors (Lipinski definition) is 0. The molecule has 52 heavy (non-hydrogen) atoms. The molecule has 0 spiro atoms. The summed E-state index contributed by atoms with van der Waals surface area (Å²) in [6, 6.07) is 40.7. The second-order valence-corrected chi connectivity index (χ2v) is 16.1. The van der Waals surface area contributed by atoms with Crippen molar-refractivity contribution in [2.45, 2.75) is 82.7 Å². The van der Waals surface area contributed by atoms with Crippen LogP contribution >= 0.6 is 0 Å². The summed E-state index contributed by atoms with van der Waals surface area (Å²) < 4.78 is 1.13. The molecule has 0 aliphatic carbocycles. The average Bonchev–Trinajstić information content (AvgIpc) is 3.84. The highest BCUT2D eigenvalue weighted by atomic mass is 15.4. The molecule has 0 aromatic heterocycles. The third-order valence-electron chi connectivity index (χ3n) is 12.7. The monoisotopic (exact) mass is 690 g/mol. The van der Waals surface area contributed by atoms with E-state index in [4.69, 9.17) is 0 Å². The molecular weight excluding hydrogens is 631 g/mol. The third-order valence-corrected chi connectivity index (χ3v) is 12.7. The fourth-order valence-electron chi connectivity index (χ4n) is 10.0. The maximum absolute atomic E-state index is 3.57. The van der Waals surface area contributed by atoms with Crippen molar-refractivity contribution in [2.75, 3.05) is 46.8 Å². The number of nitrogens with zero attached hydrogens (tertiary/aromatic N) is 3. The van der Waals surface area contributed by atoms with Gasteiger partial charge in [-0.1, -0.05) is 109 Å². The Bertz CT molecular complexity index is 1760. The highest BCUT2D eigenvalue weighted by Gasteiger charge is 2.55. The highest BCUT2D eigenvalue weighted by molar-refractivity contribution is 5.64. The second kappa shape index (κ2) is 17.3. The molecule has 3 aliphatic heterocycles. The van der Waals surface area contributed by atoms with E-state index in [1.807, 2.05) is 0 Å². The molecule has 2 saturated heterocycles. The molecule has 4 aromatic rings. The van der Waals surface area contributed by atoms with Gasteiger partial charge in [-0.25, -0.2) is 0 Å². The molecule has 7 rings (SSSR count). The van der Waals surface area contributed by atoms with E-state index in [9.17, 15) is 0 Å². The number of quaternary nitrogens is 1. The first kappa shape index (κ1) is 36.4. The lowest BCUT2D eigenvalue weighted by Gasteiger charge is -2.54. The predicted molar refractivity (Wildman–Crippen MR) is 220 cm³/mol. The Morgan fingerprint density at radius 3 is 1.77 bits per heavy atom. The van der Waals surface area contributed by atoms with Crippen LogP contribution in [0.4, 0.5) is 0 Å². The van der Waals surface area contributed by atoms with E-state index >= 15 is 0 Å². The van der Waals surface area contributed by atoms with Gasteiger partial charge >= 0.3 is 0 Å². The number of benzene rings is 4. The van der Waals surface area contributed by atoms with Crippen LogP contribution in [0, 0.1) is 17.3 Å². The van der Waals surface area contributed by atoms with Gasteiger partial charge in [0.15, 0.2) is 0 Å². The Hall–Kier alpha value is -3.94. The quantitative estimate of drug-likeness (QED) is 0.0783. The highest BCUT2D eigenvalue weighted by Crippen LogP contribution is 2.48. The SMILES string of the molecule is CN1CCCC1C1(C2CCCN2C)CC=C[N+](CCCC#Cc2ccc(-c3ccccc3)cc2)(CCCCCc2ccc(-c3ccccc3)cc2)C1. The smallest absolute Gasteiger partial charge is 0.0919 e. The molecule has 3 atom stereocenters. The fraction of sp³-hybridized carbons (Fsp3) is 0.429. The summed E-state index contributed by atoms with van der Waals surface area (Å²) in [6.45, 7) is 6.21. The maximum atomic E-state index is 3.57. The first-order valence-corrected chi connectivity index (χ1v) is 20.3. The largest absolute Gasteiger partial charge is 0.303 e. The summed E-state index contributed by atoms with van der Waals surface area (Å²) in [5, 5.41) is 0. The molecule has 0 N–H and O–H groups in total. The van der Waals surface area contributed by atoms with Crippen LogP contribution in [-0.2, 0) is 6.42 Å². The minimum Gasteiger partial charge on any atom is -0.303 e. The Morgan fingerprint density at radius 2 is 1.19 bits per heavy atom. The first-order chi connectivity index (χ1) is 25.5. The van der Waals surface area contributed by atoms with E-state index < -0.39 is 0 Å². The van der Waals surface area contributed by atoms with Gasteiger partial charge in [0.1, 0.15) is 0 Å². The van der Waals surface area contributed by atoms with Crippen molar-refractivity contribution in [2.24, 2.45) is 5.41 Å². The van der Waals surface area contributed by atoms with Crippen molar-refractivity contribution in [3.05, 3.63) is 133 Å². The molecule has 3 aliphatic rings. The fourth-order valence-corrected chi connectivity index (χ4v) is 10.0. The van der Waals surface area contributed by atoms with Crippen molar-refractivity contribution in [3.8, 4) is 34.1 Å². The predicted octanol–water partition coefficient (Wildman–Crippen LogP) is 10.5. The number of likely N-dealkylation sites (tertiary alicyclic amines) is 2. The molecule has 0 radical (unpaired) electrons. The van der Waals surface area contributed by atoms with Crippen LogP contribution in [-0.4, -0.2) is 73.2 Å². The van der Waals surface area contributed by atoms with Crippen molar-refractivity contribution in [1.82, 2.24) is 9.80 Å². The van der Waals surface area contributed by atoms with E-state index in [2.05, 4.69) is 157 Å². The molecule has 3 heteroatoms. The molecule has 2 fully saturated rings. The van der Waals surface area contributed by atoms with Gasteiger partial charge in [0.2, 0.25) is 0 Å². The zero-order valence-electron chi connectivity index (χ0n) is 31.9. The summed E-state index contributed by atoms with van der Waals surface area (Å²) in [5.74, 6) is 7.06. The number of unbranched alkanes of at least 4 members (excludes halogenated alkanes) is 3. The summed E-state index contributed by atoms with van der Waals surface area (Å²) in [4.78, 5) is 5.47. The van der Waals surface area contributed by atoms with Gasteiger partial charge in [-0.2, -0.15) is 0 Å². The van der Waals surface area contributed by atoms with Crippen molar-refractivity contribution >= 4 is 0 Å². The van der Waals surface area contributed by atoms with Crippen molar-refractivity contribution in [3.63, 3.8) is 0 Å². The maximum Gasteiger partial charge on any atom is 0.0919 e. The van der Waals surface area contributed by atoms with Crippen LogP contribution < -0.4 is 0 Å². The third kappa shape index (κ3) is 8.64. The second-order valence-electron chi connectivity index (χ2n) is 16.1. The number of rotatable bonds is 13. The number of allylic oxidation sites excluding steroid dienone is 1. The molecule has 4 aromatic carbocycles. The number of hydrogen-bond acceptors (Lipinski definition) is 2. The van der Waals surface area contributed by atoms with Gasteiger partial charge in [0, 0.05) is 30.5 Å². The van der Waals surface area contributed by atoms with Gasteiger partial charge < -0.3 is 9.80 Å². The lowest BCUT2D eigenvalue weighted by Crippen LogP contribution is -2.64. The molecule has 270 valence electrons. The van der Waals surface area contributed by atoms with Crippen LogP contribution in [0.2, 0.25) is 0 Å². The summed E-state index contributed by atoms with van der Waals surface area (Å²) in [6.07, 6.45) is 19.0. The molecule has 3 heterocycles. The standard InChI is InChI=1S/C49H60N3/c1-50-35-15-24-47(50)49(48-25-16-36-51(48)2)34-17-39-52(40-49,37-13-5-7-18-41-26-30-45(31-27-41)43-20-9-3-10-21-43)38-14-6-8-19-42-28-32-46(33-29-42)44-22-11-4-12-23-44/h3-4,9-12,17,20-23,26-33,39,47-48H,5-7,13-16,18,24-25,34-38,40H2,1-2H3/q+1. The van der Waals surface area contributed by atoms with Gasteiger partial charge in [-0.05, 0) is 131 Å². The van der Waals surface area contributed by atoms with Crippen molar-refractivity contribution < 1.29 is 4.48 Å². The van der Waals surface area contributed by atoms with E-state index in [1.165, 1.54) is 112 Å². The Kier molecular flexibility index (Phi) is 12.1. The molecule has 0 bridgehead atoms. The van der Waals surface area contributed by atoms with Gasteiger partial charge in [0.25, 0.3) is 0 Å². The lowest BCUT2D eigenvalue weighted by atomic mass is 9.67. The Balaban J connectivity index is 1.01. The van der Waals surface area contributed by atoms with Gasteiger partial charge in [-0.15, -0.1) is 0 Å². The number of aryl methyl sites for hydroxylation is 1. The van der Waals surface area contributed by atoms with E-state index in [1.54, 1.807) is 0 Å². The molecular formula is C49H60N3+. The van der Waals surface area contributed by atoms with E-state index in [0.717, 1.165) is 29.3 Å². The Morgan fingerprint density at radius 1 is 0.635 bits per heavy atom. The zero-order valence-corrected chi connectivity index (χ0v) is 31.9. The van der Waals surface area contributed by atoms with Crippen LogP contribution in [0.25, 0.3) is 22.3 Å². The van der Waals surface area contributed by atoms with Crippen LogP contribution in [0.1, 0.15) is 75.3 Å². The lowest BCUT2D eigenvalue weighted by molar-refractivity contribution is -0.890. The summed E-state index contributed by atoms with van der Waals surface area (Å²) >= 11 is 0.